The summed E-state index contributed by atoms with van der Waals surface area (Å²) in [5.74, 6) is 1.05. The highest BCUT2D eigenvalue weighted by Crippen LogP contribution is 2.19. The molecule has 3 nitrogen and oxygen atoms in total. The van der Waals surface area contributed by atoms with Gasteiger partial charge in [-0.15, -0.1) is 0 Å². The number of aryl methyl sites for hydroxylation is 1. The van der Waals surface area contributed by atoms with Crippen LogP contribution in [0.3, 0.4) is 0 Å². The van der Waals surface area contributed by atoms with Gasteiger partial charge in [0.25, 0.3) is 0 Å². The monoisotopic (exact) mass is 222 g/mol. The van der Waals surface area contributed by atoms with Crippen molar-refractivity contribution in [3.63, 3.8) is 0 Å². The summed E-state index contributed by atoms with van der Waals surface area (Å²) in [6.45, 7) is 2.71. The zero-order valence-corrected chi connectivity index (χ0v) is 9.86. The Kier molecular flexibility index (Phi) is 5.57. The van der Waals surface area contributed by atoms with Crippen molar-refractivity contribution in [1.82, 2.24) is 0 Å². The highest BCUT2D eigenvalue weighted by molar-refractivity contribution is 5.75. The molecular weight excluding hydrogens is 204 g/mol. The van der Waals surface area contributed by atoms with Crippen molar-refractivity contribution in [2.45, 2.75) is 19.8 Å². The van der Waals surface area contributed by atoms with E-state index in [-0.39, 0.29) is 5.78 Å². The third kappa shape index (κ3) is 4.45. The molecule has 0 spiro atoms. The summed E-state index contributed by atoms with van der Waals surface area (Å²) in [5.41, 5.74) is 1.08. The van der Waals surface area contributed by atoms with E-state index in [1.807, 2.05) is 24.3 Å². The molecule has 16 heavy (non-hydrogen) atoms. The summed E-state index contributed by atoms with van der Waals surface area (Å²) in [6, 6.07) is 7.80. The van der Waals surface area contributed by atoms with Crippen molar-refractivity contribution >= 4 is 5.78 Å². The molecule has 0 N–H and O–H groups in total. The van der Waals surface area contributed by atoms with Gasteiger partial charge in [-0.1, -0.05) is 18.2 Å². The van der Waals surface area contributed by atoms with Crippen LogP contribution < -0.4 is 4.74 Å². The number of hydrogen-bond donors (Lipinski definition) is 0. The number of methoxy groups -OCH3 is 1. The first-order valence-corrected chi connectivity index (χ1v) is 5.43. The minimum atomic E-state index is 0.201. The van der Waals surface area contributed by atoms with Crippen LogP contribution in [0.1, 0.15) is 18.9 Å². The fourth-order valence-electron chi connectivity index (χ4n) is 1.40. The predicted molar refractivity (Wildman–Crippen MR) is 62.8 cm³/mol. The SMILES string of the molecule is COCCOc1ccccc1CCC(C)=O. The standard InChI is InChI=1S/C13H18O3/c1-11(14)7-8-12-5-3-4-6-13(12)16-10-9-15-2/h3-6H,7-10H2,1-2H3. The molecule has 88 valence electrons. The topological polar surface area (TPSA) is 35.5 Å². The molecule has 0 amide bonds. The molecule has 0 aliphatic rings. The second-order valence-electron chi connectivity index (χ2n) is 3.65. The molecule has 0 heterocycles. The Bertz CT molecular complexity index is 334. The van der Waals surface area contributed by atoms with Crippen molar-refractivity contribution in [2.24, 2.45) is 0 Å². The average Bonchev–Trinajstić information content (AvgIpc) is 2.28. The molecule has 0 aromatic heterocycles. The van der Waals surface area contributed by atoms with Crippen LogP contribution >= 0.6 is 0 Å². The van der Waals surface area contributed by atoms with Crippen LogP contribution in [-0.4, -0.2) is 26.1 Å². The predicted octanol–water partition coefficient (Wildman–Crippen LogP) is 2.23. The molecule has 3 heteroatoms. The summed E-state index contributed by atoms with van der Waals surface area (Å²) in [4.78, 5) is 10.9. The smallest absolute Gasteiger partial charge is 0.130 e. The number of ether oxygens (including phenoxy) is 2. The normalized spacial score (nSPS) is 10.1. The molecule has 0 atom stereocenters. The first-order chi connectivity index (χ1) is 7.74. The first-order valence-electron chi connectivity index (χ1n) is 5.43. The van der Waals surface area contributed by atoms with Crippen molar-refractivity contribution in [3.05, 3.63) is 29.8 Å². The maximum absolute atomic E-state index is 10.9. The highest BCUT2D eigenvalue weighted by atomic mass is 16.5. The van der Waals surface area contributed by atoms with Gasteiger partial charge in [0.05, 0.1) is 6.61 Å². The third-order valence-electron chi connectivity index (χ3n) is 2.26. The van der Waals surface area contributed by atoms with Crippen LogP contribution in [0.2, 0.25) is 0 Å². The number of benzene rings is 1. The number of para-hydroxylation sites is 1. The van der Waals surface area contributed by atoms with Gasteiger partial charge in [0, 0.05) is 13.5 Å². The number of rotatable bonds is 7. The van der Waals surface area contributed by atoms with Gasteiger partial charge in [0.2, 0.25) is 0 Å². The van der Waals surface area contributed by atoms with Gasteiger partial charge in [0.15, 0.2) is 0 Å². The second kappa shape index (κ2) is 7.01. The zero-order valence-electron chi connectivity index (χ0n) is 9.86. The lowest BCUT2D eigenvalue weighted by Gasteiger charge is -2.10. The minimum Gasteiger partial charge on any atom is -0.491 e. The Morgan fingerprint density at radius 2 is 2.00 bits per heavy atom. The van der Waals surface area contributed by atoms with Gasteiger partial charge < -0.3 is 14.3 Å². The first kappa shape index (κ1) is 12.7. The summed E-state index contributed by atoms with van der Waals surface area (Å²) >= 11 is 0. The fraction of sp³-hybridized carbons (Fsp3) is 0.462. The average molecular weight is 222 g/mol. The van der Waals surface area contributed by atoms with Gasteiger partial charge in [0.1, 0.15) is 18.1 Å². The quantitative estimate of drug-likeness (QED) is 0.664. The van der Waals surface area contributed by atoms with Crippen LogP contribution in [0.4, 0.5) is 0 Å². The molecule has 0 bridgehead atoms. The van der Waals surface area contributed by atoms with E-state index in [0.29, 0.717) is 19.6 Å². The number of ketones is 1. The van der Waals surface area contributed by atoms with E-state index in [1.54, 1.807) is 14.0 Å². The maximum Gasteiger partial charge on any atom is 0.130 e. The van der Waals surface area contributed by atoms with E-state index in [0.717, 1.165) is 17.7 Å². The van der Waals surface area contributed by atoms with E-state index in [9.17, 15) is 4.79 Å². The van der Waals surface area contributed by atoms with Gasteiger partial charge in [-0.2, -0.15) is 0 Å². The van der Waals surface area contributed by atoms with Crippen molar-refractivity contribution < 1.29 is 14.3 Å². The molecule has 0 aliphatic carbocycles. The van der Waals surface area contributed by atoms with Crippen LogP contribution in [0, 0.1) is 0 Å². The summed E-state index contributed by atoms with van der Waals surface area (Å²) in [5, 5.41) is 0. The molecule has 0 unspecified atom stereocenters. The lowest BCUT2D eigenvalue weighted by Crippen LogP contribution is -2.06. The van der Waals surface area contributed by atoms with Crippen LogP contribution in [-0.2, 0) is 16.0 Å². The maximum atomic E-state index is 10.9. The van der Waals surface area contributed by atoms with Crippen molar-refractivity contribution in [3.8, 4) is 5.75 Å². The largest absolute Gasteiger partial charge is 0.491 e. The summed E-state index contributed by atoms with van der Waals surface area (Å²) in [7, 11) is 1.64. The lowest BCUT2D eigenvalue weighted by molar-refractivity contribution is -0.116. The number of carbonyl (C=O) groups excluding carboxylic acids is 1. The Morgan fingerprint density at radius 1 is 1.25 bits per heavy atom. The molecule has 0 aliphatic heterocycles. The molecule has 0 radical (unpaired) electrons. The molecule has 0 fully saturated rings. The molecular formula is C13H18O3. The molecule has 1 aromatic rings. The molecule has 0 saturated heterocycles. The van der Waals surface area contributed by atoms with E-state index < -0.39 is 0 Å². The molecule has 0 saturated carbocycles. The highest BCUT2D eigenvalue weighted by Gasteiger charge is 2.03. The summed E-state index contributed by atoms with van der Waals surface area (Å²) in [6.07, 6.45) is 1.29. The zero-order chi connectivity index (χ0) is 11.8. The van der Waals surface area contributed by atoms with E-state index in [2.05, 4.69) is 0 Å². The van der Waals surface area contributed by atoms with Gasteiger partial charge >= 0.3 is 0 Å². The third-order valence-corrected chi connectivity index (χ3v) is 2.26. The fourth-order valence-corrected chi connectivity index (χ4v) is 1.40. The van der Waals surface area contributed by atoms with Crippen LogP contribution in [0.15, 0.2) is 24.3 Å². The van der Waals surface area contributed by atoms with Gasteiger partial charge in [-0.3, -0.25) is 0 Å². The number of carbonyl (C=O) groups is 1. The summed E-state index contributed by atoms with van der Waals surface area (Å²) < 4.78 is 10.5. The Labute approximate surface area is 96.4 Å². The van der Waals surface area contributed by atoms with E-state index >= 15 is 0 Å². The van der Waals surface area contributed by atoms with E-state index in [4.69, 9.17) is 9.47 Å². The van der Waals surface area contributed by atoms with E-state index in [1.165, 1.54) is 0 Å². The molecule has 1 rings (SSSR count). The van der Waals surface area contributed by atoms with Gasteiger partial charge in [-0.25, -0.2) is 0 Å². The Balaban J connectivity index is 2.56. The lowest BCUT2D eigenvalue weighted by atomic mass is 10.1. The Hall–Kier alpha value is -1.35. The number of Topliss-reactive ketones (excluding diaryl/α,β-unsaturated/α-hetero) is 1. The Morgan fingerprint density at radius 3 is 2.69 bits per heavy atom. The molecule has 1 aromatic carbocycles. The van der Waals surface area contributed by atoms with Gasteiger partial charge in [-0.05, 0) is 25.0 Å². The van der Waals surface area contributed by atoms with Crippen LogP contribution in [0.25, 0.3) is 0 Å². The van der Waals surface area contributed by atoms with Crippen LogP contribution in [0.5, 0.6) is 5.75 Å². The van der Waals surface area contributed by atoms with Crippen molar-refractivity contribution in [2.75, 3.05) is 20.3 Å². The van der Waals surface area contributed by atoms with Crippen molar-refractivity contribution in [1.29, 1.82) is 0 Å². The minimum absolute atomic E-state index is 0.201. The second-order valence-corrected chi connectivity index (χ2v) is 3.65. The number of hydrogen-bond acceptors (Lipinski definition) is 3.